The number of imidazole rings is 1. The summed E-state index contributed by atoms with van der Waals surface area (Å²) in [6, 6.07) is 37.6. The SMILES string of the molecule is CC(C)c1cccc(C(C)C)c1-n1c(-c2[c-]ccc3c2oc2ccccc23)nc2cccc(C(C)(C)C)c21.[2H]C([2H])([2H])c1c[c-]c(-c2ccc(C)cn2)c(F)c1.[Ir]. The van der Waals surface area contributed by atoms with E-state index in [4.69, 9.17) is 13.5 Å². The first-order chi connectivity index (χ1) is 26.5. The van der Waals surface area contributed by atoms with Crippen molar-refractivity contribution in [3.8, 4) is 28.3 Å². The van der Waals surface area contributed by atoms with Gasteiger partial charge in [-0.25, -0.2) is 0 Å². The van der Waals surface area contributed by atoms with E-state index in [9.17, 15) is 4.39 Å². The van der Waals surface area contributed by atoms with Crippen molar-refractivity contribution < 1.29 is 33.0 Å². The first kappa shape index (κ1) is 34.8. The molecule has 6 heteroatoms. The molecule has 0 fully saturated rings. The second-order valence-corrected chi connectivity index (χ2v) is 15.3. The van der Waals surface area contributed by atoms with Crippen LogP contribution in [0.25, 0.3) is 61.3 Å². The Morgan fingerprint density at radius 1 is 0.815 bits per heavy atom. The van der Waals surface area contributed by atoms with Gasteiger partial charge >= 0.3 is 0 Å². The molecular weight excluding hydrogens is 846 g/mol. The molecule has 0 bridgehead atoms. The molecule has 8 rings (SSSR count). The number of rotatable bonds is 5. The zero-order valence-electron chi connectivity index (χ0n) is 34.9. The summed E-state index contributed by atoms with van der Waals surface area (Å²) in [6.45, 7) is 15.5. The van der Waals surface area contributed by atoms with Gasteiger partial charge in [0.1, 0.15) is 5.58 Å². The van der Waals surface area contributed by atoms with Crippen LogP contribution in [-0.4, -0.2) is 14.5 Å². The Labute approximate surface area is 336 Å². The third-order valence-electron chi connectivity index (χ3n) is 9.67. The van der Waals surface area contributed by atoms with E-state index >= 15 is 0 Å². The molecule has 3 aromatic heterocycles. The molecule has 0 amide bonds. The Hall–Kier alpha value is -4.90. The molecule has 0 saturated carbocycles. The van der Waals surface area contributed by atoms with Gasteiger partial charge < -0.3 is 14.0 Å². The molecule has 54 heavy (non-hydrogen) atoms. The molecule has 0 spiro atoms. The van der Waals surface area contributed by atoms with Gasteiger partial charge in [0.2, 0.25) is 0 Å². The van der Waals surface area contributed by atoms with E-state index in [-0.39, 0.29) is 36.6 Å². The minimum Gasteiger partial charge on any atom is -0.501 e. The number of fused-ring (bicyclic) bond motifs is 4. The molecule has 0 aliphatic rings. The van der Waals surface area contributed by atoms with E-state index in [2.05, 4.69) is 125 Å². The Morgan fingerprint density at radius 3 is 2.19 bits per heavy atom. The number of aryl methyl sites for hydroxylation is 2. The number of nitrogens with zero attached hydrogens (tertiary/aromatic N) is 3. The van der Waals surface area contributed by atoms with Crippen molar-refractivity contribution in [1.82, 2.24) is 14.5 Å². The third kappa shape index (κ3) is 7.30. The van der Waals surface area contributed by atoms with Crippen LogP contribution in [0.15, 0.2) is 108 Å². The van der Waals surface area contributed by atoms with Crippen molar-refractivity contribution >= 4 is 33.0 Å². The van der Waals surface area contributed by atoms with Gasteiger partial charge in [0.15, 0.2) is 0 Å². The fraction of sp³-hybridized carbons (Fsp3) is 0.250. The van der Waals surface area contributed by atoms with Crippen LogP contribution in [0.1, 0.15) is 92.2 Å². The molecule has 4 nitrogen and oxygen atoms in total. The van der Waals surface area contributed by atoms with Gasteiger partial charge in [-0.05, 0) is 64.3 Å². The molecule has 0 N–H and O–H groups in total. The standard InChI is InChI=1S/C35H35N2O.C13H11FN.Ir/c1-21(2)23-14-10-15-24(22(3)4)31(23)37-32-28(35(5,6)7)18-12-19-29(32)36-34(37)27-17-11-16-26-25-13-8-9-20-30(25)38-33(26)27;1-9-3-5-11(12(14)7-9)13-6-4-10(2)8-15-13;/h8-16,18-22H,1-7H3;3-4,6-8H,1-2H3;/q2*-1;/i;1D3;. The second kappa shape index (κ2) is 15.5. The molecule has 277 valence electrons. The van der Waals surface area contributed by atoms with Crippen LogP contribution in [-0.2, 0) is 25.5 Å². The van der Waals surface area contributed by atoms with Gasteiger partial charge in [0.05, 0.1) is 22.4 Å². The minimum absolute atomic E-state index is 0. The summed E-state index contributed by atoms with van der Waals surface area (Å²) < 4.78 is 44.4. The Morgan fingerprint density at radius 2 is 1.54 bits per heavy atom. The van der Waals surface area contributed by atoms with E-state index in [1.54, 1.807) is 12.3 Å². The average Bonchev–Trinajstić information content (AvgIpc) is 3.73. The summed E-state index contributed by atoms with van der Waals surface area (Å²) in [5.41, 5.74) is 11.4. The third-order valence-corrected chi connectivity index (χ3v) is 9.67. The monoisotopic (exact) mass is 895 g/mol. The summed E-state index contributed by atoms with van der Waals surface area (Å²) in [4.78, 5) is 9.42. The van der Waals surface area contributed by atoms with Crippen LogP contribution in [0.3, 0.4) is 0 Å². The normalized spacial score (nSPS) is 12.8. The quantitative estimate of drug-likeness (QED) is 0.162. The van der Waals surface area contributed by atoms with Crippen LogP contribution < -0.4 is 0 Å². The number of hydrogen-bond donors (Lipinski definition) is 0. The van der Waals surface area contributed by atoms with Crippen LogP contribution in [0.2, 0.25) is 0 Å². The molecule has 0 aliphatic carbocycles. The minimum atomic E-state index is -2.32. The summed E-state index contributed by atoms with van der Waals surface area (Å²) in [5.74, 6) is 0.944. The summed E-state index contributed by atoms with van der Waals surface area (Å²) in [5, 5.41) is 2.20. The number of para-hydroxylation sites is 3. The maximum Gasteiger partial charge on any atom is 0.120 e. The van der Waals surface area contributed by atoms with Crippen LogP contribution in [0.4, 0.5) is 4.39 Å². The van der Waals surface area contributed by atoms with E-state index in [0.717, 1.165) is 56.0 Å². The summed E-state index contributed by atoms with van der Waals surface area (Å²) >= 11 is 0. The van der Waals surface area contributed by atoms with E-state index < -0.39 is 12.7 Å². The van der Waals surface area contributed by atoms with Crippen molar-refractivity contribution in [1.29, 1.82) is 0 Å². The summed E-state index contributed by atoms with van der Waals surface area (Å²) in [6.07, 6.45) is 1.63. The Kier molecular flexibility index (Phi) is 9.97. The molecule has 0 unspecified atom stereocenters. The maximum atomic E-state index is 13.8. The Balaban J connectivity index is 0.000000244. The van der Waals surface area contributed by atoms with Gasteiger partial charge in [-0.3, -0.25) is 9.37 Å². The number of benzene rings is 5. The number of furan rings is 1. The number of aromatic nitrogens is 3. The van der Waals surface area contributed by atoms with Gasteiger partial charge in [-0.2, -0.15) is 0 Å². The van der Waals surface area contributed by atoms with Crippen LogP contribution in [0, 0.1) is 31.7 Å². The zero-order chi connectivity index (χ0) is 40.1. The molecule has 0 atom stereocenters. The van der Waals surface area contributed by atoms with E-state index in [1.807, 2.05) is 31.2 Å². The number of pyridine rings is 1. The molecule has 3 heterocycles. The van der Waals surface area contributed by atoms with Gasteiger partial charge in [-0.1, -0.05) is 132 Å². The predicted molar refractivity (Wildman–Crippen MR) is 217 cm³/mol. The van der Waals surface area contributed by atoms with Gasteiger partial charge in [0, 0.05) is 47.3 Å². The van der Waals surface area contributed by atoms with Crippen LogP contribution >= 0.6 is 0 Å². The average molecular weight is 895 g/mol. The predicted octanol–water partition coefficient (Wildman–Crippen LogP) is 13.2. The maximum absolute atomic E-state index is 13.8. The molecular formula is C48H46FIrN3O-2. The van der Waals surface area contributed by atoms with Gasteiger partial charge in [0.25, 0.3) is 0 Å². The molecule has 0 saturated heterocycles. The van der Waals surface area contributed by atoms with Crippen molar-refractivity contribution in [3.63, 3.8) is 0 Å². The van der Waals surface area contributed by atoms with Crippen LogP contribution in [0.5, 0.6) is 0 Å². The van der Waals surface area contributed by atoms with Crippen molar-refractivity contribution in [2.45, 2.75) is 79.5 Å². The molecule has 8 aromatic rings. The topological polar surface area (TPSA) is 43.9 Å². The fourth-order valence-electron chi connectivity index (χ4n) is 7.02. The van der Waals surface area contributed by atoms with Crippen molar-refractivity contribution in [2.24, 2.45) is 0 Å². The fourth-order valence-corrected chi connectivity index (χ4v) is 7.02. The largest absolute Gasteiger partial charge is 0.501 e. The van der Waals surface area contributed by atoms with Crippen molar-refractivity contribution in [2.75, 3.05) is 0 Å². The van der Waals surface area contributed by atoms with Crippen molar-refractivity contribution in [3.05, 3.63) is 149 Å². The number of hydrogen-bond acceptors (Lipinski definition) is 3. The first-order valence-corrected chi connectivity index (χ1v) is 18.2. The van der Waals surface area contributed by atoms with Gasteiger partial charge in [-0.15, -0.1) is 42.0 Å². The second-order valence-electron chi connectivity index (χ2n) is 15.3. The number of halogens is 1. The van der Waals surface area contributed by atoms with E-state index in [1.165, 1.54) is 28.4 Å². The zero-order valence-corrected chi connectivity index (χ0v) is 34.3. The van der Waals surface area contributed by atoms with E-state index in [0.29, 0.717) is 17.5 Å². The molecule has 5 aromatic carbocycles. The Bertz CT molecular complexity index is 2680. The smallest absolute Gasteiger partial charge is 0.120 e. The molecule has 1 radical (unpaired) electrons. The molecule has 0 aliphatic heterocycles. The summed E-state index contributed by atoms with van der Waals surface area (Å²) in [7, 11) is 0. The first-order valence-electron chi connectivity index (χ1n) is 19.7.